The van der Waals surface area contributed by atoms with Crippen molar-refractivity contribution in [2.75, 3.05) is 58.4 Å². The zero-order valence-corrected chi connectivity index (χ0v) is 47.1. The number of benzene rings is 2. The normalized spacial score (nSPS) is 16.5. The minimum absolute atomic E-state index is 0.0146. The molecule has 0 radical (unpaired) electrons. The number of nitrogens with two attached hydrogens (primary N) is 1. The van der Waals surface area contributed by atoms with E-state index < -0.39 is 36.5 Å². The van der Waals surface area contributed by atoms with Crippen molar-refractivity contribution in [3.63, 3.8) is 0 Å². The van der Waals surface area contributed by atoms with Crippen molar-refractivity contribution >= 4 is 53.1 Å². The van der Waals surface area contributed by atoms with Crippen LogP contribution in [0, 0.1) is 29.6 Å². The van der Waals surface area contributed by atoms with Crippen molar-refractivity contribution in [3.8, 4) is 0 Å². The van der Waals surface area contributed by atoms with Crippen LogP contribution in [0.15, 0.2) is 60.8 Å². The Morgan fingerprint density at radius 2 is 1.55 bits per heavy atom. The van der Waals surface area contributed by atoms with E-state index in [1.54, 1.807) is 35.1 Å². The van der Waals surface area contributed by atoms with Crippen molar-refractivity contribution < 1.29 is 52.9 Å². The third-order valence-electron chi connectivity index (χ3n) is 13.3. The highest BCUT2D eigenvalue weighted by Gasteiger charge is 2.41. The predicted molar refractivity (Wildman–Crippen MR) is 295 cm³/mol. The van der Waals surface area contributed by atoms with Gasteiger partial charge in [0.2, 0.25) is 41.4 Å². The van der Waals surface area contributed by atoms with Crippen LogP contribution in [0.4, 0.5) is 10.5 Å². The number of unbranched alkanes of at least 4 members (excludes halogenated alkanes) is 1. The summed E-state index contributed by atoms with van der Waals surface area (Å²) in [5.41, 5.74) is 7.52. The van der Waals surface area contributed by atoms with E-state index in [1.807, 2.05) is 58.0 Å². The number of likely N-dealkylation sites (tertiary alicyclic amines) is 1. The van der Waals surface area contributed by atoms with E-state index in [-0.39, 0.29) is 85.6 Å². The summed E-state index contributed by atoms with van der Waals surface area (Å²) in [5, 5.41) is 33.3. The minimum Gasteiger partial charge on any atom is -0.445 e. The Morgan fingerprint density at radius 3 is 2.14 bits per heavy atom. The number of ether oxygens (including phenoxy) is 2. The standard InChI is InChI=1S/C29H39N5O7.C23H37N5O4.C4H11N/c1-20(2)13-14-31-26(36)18-40-19-27(37)34-24(15-21-7-5-4-6-8-21)28(38)32-16-25(35)33-23-11-9-22(10-12-23)17-41-29(39)30-3;1-15(2)19-11-20(30)27(22(19)32)13-16-5-7-17(8-6-16)21(31)24-12-18-14-28(26-25-18)23(3,4)9-10-29;1-2-3-4-5/h4-12,20,24H,13-19H2,1-3H3,(H,30,39)(H,31,36)(H,32,38)(H,33,35)(H,34,37);14-17,19,29H,5-13H2,1-4H3,(H,24,31);2-5H2,1H3. The van der Waals surface area contributed by atoms with Crippen LogP contribution in [0.25, 0.3) is 0 Å². The number of alkyl carbamates (subject to hydrolysis) is 1. The van der Waals surface area contributed by atoms with E-state index in [0.717, 1.165) is 49.8 Å². The fourth-order valence-electron chi connectivity index (χ4n) is 8.36. The molecular formula is C56H87N11O11. The zero-order valence-electron chi connectivity index (χ0n) is 47.1. The van der Waals surface area contributed by atoms with Crippen molar-refractivity contribution in [2.45, 2.75) is 137 Å². The Labute approximate surface area is 459 Å². The van der Waals surface area contributed by atoms with Crippen molar-refractivity contribution in [1.29, 1.82) is 0 Å². The zero-order chi connectivity index (χ0) is 57.6. The van der Waals surface area contributed by atoms with E-state index in [4.69, 9.17) is 15.2 Å². The van der Waals surface area contributed by atoms with Crippen LogP contribution in [0.5, 0.6) is 0 Å². The molecule has 22 nitrogen and oxygen atoms in total. The van der Waals surface area contributed by atoms with Crippen LogP contribution in [0.2, 0.25) is 0 Å². The van der Waals surface area contributed by atoms with Crippen molar-refractivity contribution in [3.05, 3.63) is 77.6 Å². The molecule has 8 amide bonds. The molecule has 1 saturated heterocycles. The fraction of sp³-hybridized carbons (Fsp3) is 0.607. The molecular weight excluding hydrogens is 1000 g/mol. The Hall–Kier alpha value is -6.78. The van der Waals surface area contributed by atoms with Gasteiger partial charge in [0.1, 0.15) is 31.6 Å². The smallest absolute Gasteiger partial charge is 0.407 e. The molecule has 1 aromatic heterocycles. The summed E-state index contributed by atoms with van der Waals surface area (Å²) in [6.45, 7) is 15.5. The number of rotatable bonds is 27. The maximum absolute atomic E-state index is 12.9. The maximum atomic E-state index is 12.9. The molecule has 432 valence electrons. The quantitative estimate of drug-likeness (QED) is 0.0499. The van der Waals surface area contributed by atoms with Gasteiger partial charge in [-0.1, -0.05) is 88.7 Å². The molecule has 1 aliphatic heterocycles. The van der Waals surface area contributed by atoms with E-state index in [2.05, 4.69) is 63.0 Å². The molecule has 2 heterocycles. The van der Waals surface area contributed by atoms with Crippen molar-refractivity contribution in [2.24, 2.45) is 35.3 Å². The number of carbonyl (C=O) groups is 8. The van der Waals surface area contributed by atoms with Gasteiger partial charge in [0.25, 0.3) is 0 Å². The molecule has 78 heavy (non-hydrogen) atoms. The van der Waals surface area contributed by atoms with Gasteiger partial charge in [-0.05, 0) is 106 Å². The lowest BCUT2D eigenvalue weighted by Gasteiger charge is -2.30. The molecule has 3 aromatic rings. The van der Waals surface area contributed by atoms with Gasteiger partial charge in [-0.25, -0.2) is 9.48 Å². The summed E-state index contributed by atoms with van der Waals surface area (Å²) in [6.07, 6.45) is 8.77. The highest BCUT2D eigenvalue weighted by atomic mass is 16.5. The number of nitrogens with one attached hydrogen (secondary N) is 6. The Balaban J connectivity index is 0.000000386. The van der Waals surface area contributed by atoms with Crippen LogP contribution in [-0.4, -0.2) is 132 Å². The predicted octanol–water partition coefficient (Wildman–Crippen LogP) is 4.10. The molecule has 0 spiro atoms. The number of aliphatic hydroxyl groups is 1. The molecule has 2 atom stereocenters. The van der Waals surface area contributed by atoms with Gasteiger partial charge < -0.3 is 52.2 Å². The van der Waals surface area contributed by atoms with Gasteiger partial charge in [-0.15, -0.1) is 5.10 Å². The van der Waals surface area contributed by atoms with Crippen molar-refractivity contribution in [1.82, 2.24) is 46.5 Å². The third-order valence-corrected chi connectivity index (χ3v) is 13.3. The fourth-order valence-corrected chi connectivity index (χ4v) is 8.36. The number of hydrogen-bond donors (Lipinski definition) is 8. The molecule has 9 N–H and O–H groups in total. The molecule has 2 aromatic carbocycles. The average molecular weight is 1090 g/mol. The lowest BCUT2D eigenvalue weighted by Crippen LogP contribution is -2.50. The number of aromatic nitrogens is 3. The Bertz CT molecular complexity index is 2330. The van der Waals surface area contributed by atoms with E-state index in [9.17, 15) is 43.5 Å². The molecule has 2 unspecified atom stereocenters. The highest BCUT2D eigenvalue weighted by Crippen LogP contribution is 2.33. The molecule has 0 bridgehead atoms. The molecule has 1 aliphatic carbocycles. The first-order valence-corrected chi connectivity index (χ1v) is 27.2. The topological polar surface area (TPSA) is 307 Å². The summed E-state index contributed by atoms with van der Waals surface area (Å²) in [4.78, 5) is 99.8. The SMILES string of the molecule is CC(C)C1CC(=O)N(CC2CCC(C(=O)NCc3cn(C(C)(C)CCO)nn3)CC2)C1=O.CCCCN.CNC(=O)OCc1ccc(NC(=O)CNC(=O)C(Cc2ccccc2)NC(=O)COCC(=O)NCCC(C)C)cc1. The monoisotopic (exact) mass is 1090 g/mol. The van der Waals surface area contributed by atoms with Crippen LogP contribution < -0.4 is 37.6 Å². The number of carbonyl (C=O) groups excluding carboxylic acids is 8. The van der Waals surface area contributed by atoms with Gasteiger partial charge in [0, 0.05) is 57.1 Å². The van der Waals surface area contributed by atoms with E-state index >= 15 is 0 Å². The second-order valence-electron chi connectivity index (χ2n) is 21.0. The summed E-state index contributed by atoms with van der Waals surface area (Å²) in [7, 11) is 1.46. The largest absolute Gasteiger partial charge is 0.445 e. The summed E-state index contributed by atoms with van der Waals surface area (Å²) < 4.78 is 11.9. The first-order chi connectivity index (χ1) is 37.2. The van der Waals surface area contributed by atoms with Gasteiger partial charge in [-0.3, -0.25) is 38.5 Å². The molecule has 1 saturated carbocycles. The second kappa shape index (κ2) is 34.9. The Kier molecular flexibility index (Phi) is 29.3. The number of hydrogen-bond acceptors (Lipinski definition) is 14. The van der Waals surface area contributed by atoms with Crippen LogP contribution in [0.1, 0.15) is 123 Å². The number of nitrogens with zero attached hydrogens (tertiary/aromatic N) is 4. The van der Waals surface area contributed by atoms with Crippen LogP contribution in [0.3, 0.4) is 0 Å². The summed E-state index contributed by atoms with van der Waals surface area (Å²) >= 11 is 0. The third kappa shape index (κ3) is 24.3. The second-order valence-corrected chi connectivity index (χ2v) is 21.0. The number of aliphatic hydroxyl groups excluding tert-OH is 1. The number of anilines is 1. The minimum atomic E-state index is -0.972. The lowest BCUT2D eigenvalue weighted by molar-refractivity contribution is -0.141. The molecule has 5 rings (SSSR count). The van der Waals surface area contributed by atoms with E-state index in [1.165, 1.54) is 24.8 Å². The van der Waals surface area contributed by atoms with Gasteiger partial charge in [-0.2, -0.15) is 0 Å². The van der Waals surface area contributed by atoms with Crippen LogP contribution >= 0.6 is 0 Å². The van der Waals surface area contributed by atoms with Gasteiger partial charge >= 0.3 is 6.09 Å². The summed E-state index contributed by atoms with van der Waals surface area (Å²) in [5.74, 6) is -1.31. The number of amides is 8. The first kappa shape index (κ1) is 65.5. The Morgan fingerprint density at radius 1 is 0.872 bits per heavy atom. The number of imide groups is 1. The van der Waals surface area contributed by atoms with Crippen LogP contribution in [-0.2, 0) is 68.1 Å². The highest BCUT2D eigenvalue weighted by molar-refractivity contribution is 6.03. The van der Waals surface area contributed by atoms with Gasteiger partial charge in [0.05, 0.1) is 24.8 Å². The first-order valence-electron chi connectivity index (χ1n) is 27.2. The van der Waals surface area contributed by atoms with E-state index in [0.29, 0.717) is 49.8 Å². The molecule has 2 aliphatic rings. The lowest BCUT2D eigenvalue weighted by atomic mass is 9.81. The average Bonchev–Trinajstić information content (AvgIpc) is 4.03. The maximum Gasteiger partial charge on any atom is 0.407 e. The molecule has 2 fully saturated rings. The molecule has 22 heteroatoms. The van der Waals surface area contributed by atoms with Gasteiger partial charge in [0.15, 0.2) is 0 Å². The summed E-state index contributed by atoms with van der Waals surface area (Å²) in [6, 6.07) is 14.8.